The predicted molar refractivity (Wildman–Crippen MR) is 70.4 cm³/mol. The fourth-order valence-corrected chi connectivity index (χ4v) is 1.70. The summed E-state index contributed by atoms with van der Waals surface area (Å²) in [5.41, 5.74) is 3.48. The van der Waals surface area contributed by atoms with Crippen LogP contribution in [0.1, 0.15) is 11.1 Å². The standard InChI is InChI=1S/C14H17N3/c1-12(14-6-4-3-5-7-14)8-15-9-13-10-16-17(2)11-13/h3-7,10-11,15H,1,8-9H2,2H3. The Morgan fingerprint density at radius 3 is 2.76 bits per heavy atom. The van der Waals surface area contributed by atoms with Gasteiger partial charge in [-0.15, -0.1) is 0 Å². The lowest BCUT2D eigenvalue weighted by Crippen LogP contribution is -2.15. The molecule has 17 heavy (non-hydrogen) atoms. The molecule has 2 aromatic rings. The molecule has 3 heteroatoms. The van der Waals surface area contributed by atoms with E-state index in [1.54, 1.807) is 0 Å². The van der Waals surface area contributed by atoms with Gasteiger partial charge in [-0.25, -0.2) is 0 Å². The van der Waals surface area contributed by atoms with Gasteiger partial charge in [-0.05, 0) is 11.1 Å². The van der Waals surface area contributed by atoms with Gasteiger partial charge in [0, 0.05) is 31.9 Å². The van der Waals surface area contributed by atoms with E-state index in [1.807, 2.05) is 42.3 Å². The van der Waals surface area contributed by atoms with Crippen LogP contribution >= 0.6 is 0 Å². The van der Waals surface area contributed by atoms with E-state index in [-0.39, 0.29) is 0 Å². The second kappa shape index (κ2) is 5.46. The van der Waals surface area contributed by atoms with Crippen LogP contribution in [-0.4, -0.2) is 16.3 Å². The van der Waals surface area contributed by atoms with E-state index in [1.165, 1.54) is 11.1 Å². The summed E-state index contributed by atoms with van der Waals surface area (Å²) in [5, 5.41) is 7.49. The number of nitrogens with one attached hydrogen (secondary N) is 1. The number of hydrogen-bond donors (Lipinski definition) is 1. The molecule has 0 aliphatic carbocycles. The fourth-order valence-electron chi connectivity index (χ4n) is 1.70. The molecular formula is C14H17N3. The molecule has 0 spiro atoms. The summed E-state index contributed by atoms with van der Waals surface area (Å²) in [6, 6.07) is 10.2. The second-order valence-electron chi connectivity index (χ2n) is 4.10. The van der Waals surface area contributed by atoms with E-state index >= 15 is 0 Å². The van der Waals surface area contributed by atoms with Crippen LogP contribution in [0.15, 0.2) is 49.3 Å². The summed E-state index contributed by atoms with van der Waals surface area (Å²) in [7, 11) is 1.92. The number of hydrogen-bond acceptors (Lipinski definition) is 2. The summed E-state index contributed by atoms with van der Waals surface area (Å²) >= 11 is 0. The van der Waals surface area contributed by atoms with Crippen molar-refractivity contribution in [3.63, 3.8) is 0 Å². The maximum absolute atomic E-state index is 4.13. The first kappa shape index (κ1) is 11.6. The summed E-state index contributed by atoms with van der Waals surface area (Å²) in [6.45, 7) is 5.69. The van der Waals surface area contributed by atoms with Gasteiger partial charge in [-0.1, -0.05) is 36.9 Å². The SMILES string of the molecule is C=C(CNCc1cnn(C)c1)c1ccccc1. The summed E-state index contributed by atoms with van der Waals surface area (Å²) < 4.78 is 1.81. The lowest BCUT2D eigenvalue weighted by atomic mass is 10.1. The number of aromatic nitrogens is 2. The zero-order valence-corrected chi connectivity index (χ0v) is 10.1. The number of aryl methyl sites for hydroxylation is 1. The van der Waals surface area contributed by atoms with E-state index in [0.717, 1.165) is 18.7 Å². The largest absolute Gasteiger partial charge is 0.309 e. The smallest absolute Gasteiger partial charge is 0.0534 e. The van der Waals surface area contributed by atoms with Crippen LogP contribution in [0.3, 0.4) is 0 Å². The Morgan fingerprint density at radius 2 is 2.12 bits per heavy atom. The van der Waals surface area contributed by atoms with Crippen molar-refractivity contribution in [3.8, 4) is 0 Å². The maximum atomic E-state index is 4.13. The highest BCUT2D eigenvalue weighted by Crippen LogP contribution is 2.10. The van der Waals surface area contributed by atoms with E-state index in [4.69, 9.17) is 0 Å². The van der Waals surface area contributed by atoms with Crippen molar-refractivity contribution in [1.29, 1.82) is 0 Å². The van der Waals surface area contributed by atoms with Gasteiger partial charge < -0.3 is 5.32 Å². The van der Waals surface area contributed by atoms with Crippen LogP contribution in [0.5, 0.6) is 0 Å². The van der Waals surface area contributed by atoms with Crippen molar-refractivity contribution in [3.05, 3.63) is 60.4 Å². The van der Waals surface area contributed by atoms with Gasteiger partial charge in [0.25, 0.3) is 0 Å². The minimum Gasteiger partial charge on any atom is -0.309 e. The summed E-state index contributed by atoms with van der Waals surface area (Å²) in [4.78, 5) is 0. The van der Waals surface area contributed by atoms with Gasteiger partial charge >= 0.3 is 0 Å². The van der Waals surface area contributed by atoms with Gasteiger partial charge in [0.05, 0.1) is 6.20 Å². The molecule has 1 N–H and O–H groups in total. The predicted octanol–water partition coefficient (Wildman–Crippen LogP) is 2.22. The highest BCUT2D eigenvalue weighted by Gasteiger charge is 1.99. The molecule has 2 rings (SSSR count). The van der Waals surface area contributed by atoms with Gasteiger partial charge in [0.1, 0.15) is 0 Å². The minimum atomic E-state index is 0.791. The lowest BCUT2D eigenvalue weighted by Gasteiger charge is -2.06. The Bertz CT molecular complexity index is 485. The lowest BCUT2D eigenvalue weighted by molar-refractivity contribution is 0.754. The highest BCUT2D eigenvalue weighted by atomic mass is 15.2. The van der Waals surface area contributed by atoms with E-state index in [0.29, 0.717) is 0 Å². The summed E-state index contributed by atoms with van der Waals surface area (Å²) in [5.74, 6) is 0. The number of rotatable bonds is 5. The molecule has 3 nitrogen and oxygen atoms in total. The van der Waals surface area contributed by atoms with Gasteiger partial charge in [-0.2, -0.15) is 5.10 Å². The molecule has 0 bridgehead atoms. The van der Waals surface area contributed by atoms with Crippen LogP contribution in [0.2, 0.25) is 0 Å². The molecule has 0 radical (unpaired) electrons. The fraction of sp³-hybridized carbons (Fsp3) is 0.214. The Kier molecular flexibility index (Phi) is 3.73. The molecule has 0 saturated heterocycles. The molecule has 0 aliphatic rings. The Labute approximate surface area is 102 Å². The monoisotopic (exact) mass is 227 g/mol. The van der Waals surface area contributed by atoms with Gasteiger partial charge in [0.15, 0.2) is 0 Å². The number of benzene rings is 1. The Hall–Kier alpha value is -1.87. The molecule has 0 unspecified atom stereocenters. The molecule has 0 aliphatic heterocycles. The van der Waals surface area contributed by atoms with Crippen LogP contribution < -0.4 is 5.32 Å². The minimum absolute atomic E-state index is 0.791. The van der Waals surface area contributed by atoms with Crippen LogP contribution in [0, 0.1) is 0 Å². The molecule has 0 amide bonds. The zero-order chi connectivity index (χ0) is 12.1. The summed E-state index contributed by atoms with van der Waals surface area (Å²) in [6.07, 6.45) is 3.89. The molecule has 0 fully saturated rings. The molecule has 0 atom stereocenters. The number of nitrogens with zero attached hydrogens (tertiary/aromatic N) is 2. The first-order valence-electron chi connectivity index (χ1n) is 5.67. The van der Waals surface area contributed by atoms with Crippen LogP contribution in [0.25, 0.3) is 5.57 Å². The van der Waals surface area contributed by atoms with E-state index in [2.05, 4.69) is 29.1 Å². The third kappa shape index (κ3) is 3.29. The first-order valence-corrected chi connectivity index (χ1v) is 5.67. The molecule has 0 saturated carbocycles. The van der Waals surface area contributed by atoms with E-state index in [9.17, 15) is 0 Å². The van der Waals surface area contributed by atoms with Crippen molar-refractivity contribution in [1.82, 2.24) is 15.1 Å². The highest BCUT2D eigenvalue weighted by molar-refractivity contribution is 5.64. The first-order chi connectivity index (χ1) is 8.25. The quantitative estimate of drug-likeness (QED) is 0.849. The molecule has 1 aromatic carbocycles. The van der Waals surface area contributed by atoms with Crippen molar-refractivity contribution in [2.45, 2.75) is 6.54 Å². The van der Waals surface area contributed by atoms with Crippen LogP contribution in [0.4, 0.5) is 0 Å². The van der Waals surface area contributed by atoms with Gasteiger partial charge in [-0.3, -0.25) is 4.68 Å². The molecule has 1 heterocycles. The van der Waals surface area contributed by atoms with Gasteiger partial charge in [0.2, 0.25) is 0 Å². The Balaban J connectivity index is 1.81. The maximum Gasteiger partial charge on any atom is 0.0534 e. The van der Waals surface area contributed by atoms with Crippen molar-refractivity contribution in [2.24, 2.45) is 7.05 Å². The van der Waals surface area contributed by atoms with Crippen molar-refractivity contribution < 1.29 is 0 Å². The topological polar surface area (TPSA) is 29.9 Å². The second-order valence-corrected chi connectivity index (χ2v) is 4.10. The molecular weight excluding hydrogens is 210 g/mol. The Morgan fingerprint density at radius 1 is 1.35 bits per heavy atom. The average molecular weight is 227 g/mol. The zero-order valence-electron chi connectivity index (χ0n) is 10.1. The normalized spacial score (nSPS) is 10.4. The third-order valence-electron chi connectivity index (χ3n) is 2.61. The van der Waals surface area contributed by atoms with Crippen molar-refractivity contribution >= 4 is 5.57 Å². The van der Waals surface area contributed by atoms with Crippen LogP contribution in [-0.2, 0) is 13.6 Å². The molecule has 1 aromatic heterocycles. The van der Waals surface area contributed by atoms with Crippen molar-refractivity contribution in [2.75, 3.05) is 6.54 Å². The third-order valence-corrected chi connectivity index (χ3v) is 2.61. The molecule has 88 valence electrons. The van der Waals surface area contributed by atoms with E-state index < -0.39 is 0 Å². The average Bonchev–Trinajstić information content (AvgIpc) is 2.76.